The summed E-state index contributed by atoms with van der Waals surface area (Å²) in [6.45, 7) is -0.577. The molecule has 0 aliphatic carbocycles. The summed E-state index contributed by atoms with van der Waals surface area (Å²) in [6.07, 6.45) is 0.892. The summed E-state index contributed by atoms with van der Waals surface area (Å²) in [4.78, 5) is 68.7. The number of aliphatic carboxylic acids is 2. The second kappa shape index (κ2) is 14.2. The summed E-state index contributed by atoms with van der Waals surface area (Å²) >= 11 is 1.40. The lowest BCUT2D eigenvalue weighted by atomic mass is 10.1. The van der Waals surface area contributed by atoms with Gasteiger partial charge in [-0.15, -0.1) is 0 Å². The molecule has 0 aromatic carbocycles. The number of nitrogens with one attached hydrogen (secondary N) is 3. The summed E-state index contributed by atoms with van der Waals surface area (Å²) in [5.41, 5.74) is 10.4. The van der Waals surface area contributed by atoms with Gasteiger partial charge in [-0.25, -0.2) is 4.79 Å². The van der Waals surface area contributed by atoms with Crippen LogP contribution >= 0.6 is 11.8 Å². The third-order valence-electron chi connectivity index (χ3n) is 3.71. The van der Waals surface area contributed by atoms with Crippen molar-refractivity contribution in [2.75, 3.05) is 18.6 Å². The molecule has 9 N–H and O–H groups in total. The normalized spacial score (nSPS) is 13.4. The molecule has 13 nitrogen and oxygen atoms in total. The van der Waals surface area contributed by atoms with Crippen LogP contribution in [0.25, 0.3) is 0 Å². The Hall–Kier alpha value is -2.87. The maximum Gasteiger partial charge on any atom is 0.326 e. The summed E-state index contributed by atoms with van der Waals surface area (Å²) < 4.78 is 0. The zero-order valence-corrected chi connectivity index (χ0v) is 17.2. The van der Waals surface area contributed by atoms with E-state index >= 15 is 0 Å². The second-order valence-corrected chi connectivity index (χ2v) is 7.21. The van der Waals surface area contributed by atoms with Crippen molar-refractivity contribution < 1.29 is 39.0 Å². The van der Waals surface area contributed by atoms with E-state index < -0.39 is 66.7 Å². The highest BCUT2D eigenvalue weighted by Gasteiger charge is 2.26. The number of carbonyl (C=O) groups excluding carboxylic acids is 4. The van der Waals surface area contributed by atoms with Crippen LogP contribution in [0.1, 0.15) is 25.7 Å². The van der Waals surface area contributed by atoms with Crippen molar-refractivity contribution in [2.45, 2.75) is 43.8 Å². The van der Waals surface area contributed by atoms with E-state index in [1.54, 1.807) is 6.26 Å². The van der Waals surface area contributed by atoms with Gasteiger partial charge < -0.3 is 37.6 Å². The van der Waals surface area contributed by atoms with Gasteiger partial charge in [0.1, 0.15) is 12.1 Å². The minimum absolute atomic E-state index is 0.191. The highest BCUT2D eigenvalue weighted by atomic mass is 32.2. The minimum atomic E-state index is -1.37. The summed E-state index contributed by atoms with van der Waals surface area (Å²) in [7, 11) is 0. The topological polar surface area (TPSA) is 231 Å². The third kappa shape index (κ3) is 11.9. The quantitative estimate of drug-likeness (QED) is 0.134. The van der Waals surface area contributed by atoms with Crippen LogP contribution in [0.15, 0.2) is 0 Å². The Bertz CT molecular complexity index is 660. The highest BCUT2D eigenvalue weighted by molar-refractivity contribution is 7.98. The molecule has 0 fully saturated rings. The van der Waals surface area contributed by atoms with E-state index in [1.165, 1.54) is 11.8 Å². The lowest BCUT2D eigenvalue weighted by Gasteiger charge is -2.20. The van der Waals surface area contributed by atoms with E-state index in [0.717, 1.165) is 0 Å². The van der Waals surface area contributed by atoms with Crippen LogP contribution in [0, 0.1) is 0 Å². The fourth-order valence-electron chi connectivity index (χ4n) is 2.14. The van der Waals surface area contributed by atoms with Gasteiger partial charge in [-0.3, -0.25) is 24.0 Å². The van der Waals surface area contributed by atoms with E-state index in [-0.39, 0.29) is 19.3 Å². The summed E-state index contributed by atoms with van der Waals surface area (Å²) in [5, 5.41) is 24.5. The smallest absolute Gasteiger partial charge is 0.326 e. The Morgan fingerprint density at radius 2 is 1.60 bits per heavy atom. The van der Waals surface area contributed by atoms with Crippen molar-refractivity contribution in [3.63, 3.8) is 0 Å². The first-order chi connectivity index (χ1) is 14.0. The average Bonchev–Trinajstić information content (AvgIpc) is 2.65. The largest absolute Gasteiger partial charge is 0.481 e. The van der Waals surface area contributed by atoms with Crippen LogP contribution in [0.2, 0.25) is 0 Å². The molecule has 0 radical (unpaired) electrons. The molecule has 0 bridgehead atoms. The molecule has 0 aromatic rings. The lowest BCUT2D eigenvalue weighted by Crippen LogP contribution is -2.54. The van der Waals surface area contributed by atoms with E-state index in [9.17, 15) is 28.8 Å². The third-order valence-corrected chi connectivity index (χ3v) is 4.35. The zero-order valence-electron chi connectivity index (χ0n) is 16.4. The number of thioether (sulfide) groups is 1. The summed E-state index contributed by atoms with van der Waals surface area (Å²) in [6, 6.07) is -3.78. The molecular formula is C16H27N5O8S. The van der Waals surface area contributed by atoms with Gasteiger partial charge in [0.25, 0.3) is 0 Å². The van der Waals surface area contributed by atoms with Gasteiger partial charge in [-0.05, 0) is 24.9 Å². The lowest BCUT2D eigenvalue weighted by molar-refractivity contribution is -0.142. The molecule has 0 heterocycles. The van der Waals surface area contributed by atoms with Gasteiger partial charge in [0.05, 0.1) is 19.0 Å². The molecule has 0 saturated carbocycles. The number of amides is 4. The number of rotatable bonds is 15. The molecule has 0 aliphatic rings. The highest BCUT2D eigenvalue weighted by Crippen LogP contribution is 2.02. The monoisotopic (exact) mass is 449 g/mol. The Balaban J connectivity index is 4.80. The average molecular weight is 449 g/mol. The molecule has 0 saturated heterocycles. The van der Waals surface area contributed by atoms with Crippen molar-refractivity contribution >= 4 is 47.3 Å². The van der Waals surface area contributed by atoms with Crippen LogP contribution in [-0.2, 0) is 28.8 Å². The number of carboxylic acids is 2. The van der Waals surface area contributed by atoms with Crippen LogP contribution in [0.5, 0.6) is 0 Å². The fourth-order valence-corrected chi connectivity index (χ4v) is 2.62. The molecule has 3 unspecified atom stereocenters. The second-order valence-electron chi connectivity index (χ2n) is 6.23. The molecular weight excluding hydrogens is 422 g/mol. The van der Waals surface area contributed by atoms with Crippen LogP contribution in [0.4, 0.5) is 0 Å². The van der Waals surface area contributed by atoms with Crippen LogP contribution < -0.4 is 27.4 Å². The molecule has 3 atom stereocenters. The maximum atomic E-state index is 12.3. The molecule has 0 aromatic heterocycles. The van der Waals surface area contributed by atoms with E-state index in [1.807, 2.05) is 0 Å². The van der Waals surface area contributed by atoms with E-state index in [4.69, 9.17) is 21.7 Å². The minimum Gasteiger partial charge on any atom is -0.481 e. The van der Waals surface area contributed by atoms with E-state index in [2.05, 4.69) is 16.0 Å². The number of hydrogen-bond acceptors (Lipinski definition) is 8. The van der Waals surface area contributed by atoms with Gasteiger partial charge in [-0.1, -0.05) is 0 Å². The van der Waals surface area contributed by atoms with Gasteiger partial charge in [0, 0.05) is 6.42 Å². The number of nitrogens with two attached hydrogens (primary N) is 2. The Kier molecular flexibility index (Phi) is 12.8. The Morgan fingerprint density at radius 3 is 2.10 bits per heavy atom. The van der Waals surface area contributed by atoms with Crippen molar-refractivity contribution in [3.8, 4) is 0 Å². The van der Waals surface area contributed by atoms with Crippen molar-refractivity contribution in [3.05, 3.63) is 0 Å². The van der Waals surface area contributed by atoms with Gasteiger partial charge >= 0.3 is 11.9 Å². The van der Waals surface area contributed by atoms with Gasteiger partial charge in [0.15, 0.2) is 0 Å². The van der Waals surface area contributed by atoms with Gasteiger partial charge in [0.2, 0.25) is 23.6 Å². The summed E-state index contributed by atoms with van der Waals surface area (Å²) in [5.74, 6) is -5.26. The fraction of sp³-hybridized carbons (Fsp3) is 0.625. The van der Waals surface area contributed by atoms with Crippen LogP contribution in [-0.4, -0.2) is 82.5 Å². The first-order valence-corrected chi connectivity index (χ1v) is 10.2. The molecule has 0 spiro atoms. The number of carboxylic acid groups (broad SMARTS) is 2. The number of hydrogen-bond donors (Lipinski definition) is 7. The maximum absolute atomic E-state index is 12.3. The first-order valence-electron chi connectivity index (χ1n) is 8.82. The van der Waals surface area contributed by atoms with Crippen molar-refractivity contribution in [2.24, 2.45) is 11.5 Å². The molecule has 14 heteroatoms. The predicted molar refractivity (Wildman–Crippen MR) is 106 cm³/mol. The molecule has 0 rings (SSSR count). The molecule has 30 heavy (non-hydrogen) atoms. The standard InChI is InChI=1S/C16H27N5O8S/c1-30-5-4-9(21-14(26)8(17)6-13(24)25)15(27)19-7-12(23)20-10(16(28)29)2-3-11(18)22/h8-10H,2-7,17H2,1H3,(H2,18,22)(H,19,27)(H,20,23)(H,21,26)(H,24,25)(H,28,29). The Labute approximate surface area is 176 Å². The van der Waals surface area contributed by atoms with Crippen LogP contribution in [0.3, 0.4) is 0 Å². The Morgan fingerprint density at radius 1 is 0.967 bits per heavy atom. The zero-order chi connectivity index (χ0) is 23.3. The molecule has 4 amide bonds. The first kappa shape index (κ1) is 27.1. The van der Waals surface area contributed by atoms with E-state index in [0.29, 0.717) is 5.75 Å². The molecule has 0 aliphatic heterocycles. The number of primary amides is 1. The SMILES string of the molecule is CSCCC(NC(=O)C(N)CC(=O)O)C(=O)NCC(=O)NC(CCC(N)=O)C(=O)O. The number of carbonyl (C=O) groups is 6. The van der Waals surface area contributed by atoms with Gasteiger partial charge in [-0.2, -0.15) is 11.8 Å². The van der Waals surface area contributed by atoms with Crippen molar-refractivity contribution in [1.82, 2.24) is 16.0 Å². The van der Waals surface area contributed by atoms with Crippen molar-refractivity contribution in [1.29, 1.82) is 0 Å². The molecule has 170 valence electrons. The predicted octanol–water partition coefficient (Wildman–Crippen LogP) is -3.02.